The number of hydrogen-bond acceptors (Lipinski definition) is 11. The van der Waals surface area contributed by atoms with E-state index in [0.29, 0.717) is 45.3 Å². The molecule has 4 aromatic rings. The number of anilines is 2. The number of Topliss-reactive ketones (excluding diaryl/α,β-unsaturated/α-hetero) is 1. The summed E-state index contributed by atoms with van der Waals surface area (Å²) in [6.07, 6.45) is 14.5. The minimum Gasteiger partial charge on any atom is -0.375 e. The van der Waals surface area contributed by atoms with Crippen molar-refractivity contribution in [3.8, 4) is 0 Å². The molecule has 0 radical (unpaired) electrons. The number of rotatable bonds is 18. The van der Waals surface area contributed by atoms with E-state index in [4.69, 9.17) is 34.7 Å². The van der Waals surface area contributed by atoms with E-state index < -0.39 is 23.7 Å². The van der Waals surface area contributed by atoms with Crippen molar-refractivity contribution in [3.63, 3.8) is 0 Å². The smallest absolute Gasteiger partial charge is 0.180 e. The summed E-state index contributed by atoms with van der Waals surface area (Å²) in [7, 11) is 0. The fraction of sp³-hybridized carbons (Fsp3) is 0.612. The molecule has 356 valence electrons. The summed E-state index contributed by atoms with van der Waals surface area (Å²) >= 11 is 16.2. The third kappa shape index (κ3) is 12.2. The van der Waals surface area contributed by atoms with Crippen molar-refractivity contribution < 1.29 is 13.6 Å². The molecule has 2 aromatic heterocycles. The average Bonchev–Trinajstić information content (AvgIpc) is 3.86. The second-order valence-corrected chi connectivity index (χ2v) is 21.8. The number of hydrogen-bond donors (Lipinski definition) is 2. The molecule has 2 fully saturated rings. The molecule has 2 aliphatic heterocycles. The summed E-state index contributed by atoms with van der Waals surface area (Å²) in [6.45, 7) is 11.7. The normalized spacial score (nSPS) is 21.0. The fourth-order valence-electron chi connectivity index (χ4n) is 11.2. The predicted octanol–water partition coefficient (Wildman–Crippen LogP) is 10.9. The monoisotopic (exact) mass is 990 g/mol. The van der Waals surface area contributed by atoms with E-state index in [-0.39, 0.29) is 28.2 Å². The Balaban J connectivity index is 0.00000630. The zero-order valence-electron chi connectivity index (χ0n) is 38.0. The maximum Gasteiger partial charge on any atom is 0.180 e. The molecule has 4 atom stereocenters. The van der Waals surface area contributed by atoms with Crippen LogP contribution in [0.2, 0.25) is 10.0 Å². The van der Waals surface area contributed by atoms with Crippen molar-refractivity contribution in [2.75, 3.05) is 63.8 Å². The lowest BCUT2D eigenvalue weighted by molar-refractivity contribution is -0.131. The van der Waals surface area contributed by atoms with Crippen LogP contribution < -0.4 is 11.5 Å². The van der Waals surface area contributed by atoms with E-state index in [2.05, 4.69) is 43.4 Å². The van der Waals surface area contributed by atoms with Gasteiger partial charge in [-0.3, -0.25) is 14.6 Å². The predicted molar refractivity (Wildman–Crippen MR) is 267 cm³/mol. The van der Waals surface area contributed by atoms with E-state index in [9.17, 15) is 8.78 Å². The summed E-state index contributed by atoms with van der Waals surface area (Å²) in [5.74, 6) is 0.0295. The number of likely N-dealkylation sites (tertiary alicyclic amines) is 2. The number of nitrogen functional groups attached to an aromatic ring is 2. The second kappa shape index (κ2) is 23.2. The number of aryl methyl sites for hydroxylation is 2. The van der Waals surface area contributed by atoms with Crippen LogP contribution in [0.3, 0.4) is 0 Å². The van der Waals surface area contributed by atoms with Gasteiger partial charge in [0.15, 0.2) is 16.0 Å². The van der Waals surface area contributed by atoms with Crippen molar-refractivity contribution in [1.29, 1.82) is 0 Å². The van der Waals surface area contributed by atoms with Gasteiger partial charge in [-0.15, -0.1) is 35.1 Å². The Morgan fingerprint density at radius 1 is 0.692 bits per heavy atom. The van der Waals surface area contributed by atoms with Crippen LogP contribution in [0.15, 0.2) is 36.4 Å². The SMILES string of the molecule is CCCN(CCC1CCN([C@H](C(=O)[C@H](c2ccc(F)c(Cl)c2)N2CCC(CCN(CCC)C3CCc4nc(N)sc4C3)CC2)c2ccc(F)c(Cl)c2)CC1)C1CCc2nc(N)sc2C1.Cl. The quantitative estimate of drug-likeness (QED) is 0.101. The number of ketones is 1. The molecule has 8 rings (SSSR count). The first kappa shape index (κ1) is 50.4. The molecule has 2 saturated heterocycles. The van der Waals surface area contributed by atoms with Crippen molar-refractivity contribution in [1.82, 2.24) is 29.6 Å². The van der Waals surface area contributed by atoms with Gasteiger partial charge in [-0.2, -0.15) is 0 Å². The first-order chi connectivity index (χ1) is 31.0. The van der Waals surface area contributed by atoms with Crippen LogP contribution in [0.25, 0.3) is 0 Å². The number of halogens is 5. The molecule has 0 bridgehead atoms. The maximum atomic E-state index is 15.5. The number of piperidine rings is 2. The van der Waals surface area contributed by atoms with Crippen LogP contribution in [0.5, 0.6) is 0 Å². The first-order valence-corrected chi connectivity index (χ1v) is 26.2. The second-order valence-electron chi connectivity index (χ2n) is 18.8. The van der Waals surface area contributed by atoms with Crippen molar-refractivity contribution in [2.45, 2.75) is 128 Å². The van der Waals surface area contributed by atoms with E-state index in [0.717, 1.165) is 142 Å². The average molecular weight is 993 g/mol. The molecule has 16 heteroatoms. The Hall–Kier alpha value is -2.46. The van der Waals surface area contributed by atoms with Crippen LogP contribution in [0.4, 0.5) is 19.0 Å². The van der Waals surface area contributed by atoms with Gasteiger partial charge in [0.2, 0.25) is 0 Å². The van der Waals surface area contributed by atoms with Crippen molar-refractivity contribution >= 4 is 74.3 Å². The first-order valence-electron chi connectivity index (χ1n) is 23.9. The fourth-order valence-corrected chi connectivity index (χ4v) is 13.5. The van der Waals surface area contributed by atoms with Crippen molar-refractivity contribution in [2.24, 2.45) is 11.8 Å². The molecule has 65 heavy (non-hydrogen) atoms. The summed E-state index contributed by atoms with van der Waals surface area (Å²) in [4.78, 5) is 37.3. The minimum atomic E-state index is -0.655. The van der Waals surface area contributed by atoms with Crippen LogP contribution in [0.1, 0.15) is 122 Å². The zero-order valence-corrected chi connectivity index (χ0v) is 41.9. The largest absolute Gasteiger partial charge is 0.375 e. The lowest BCUT2D eigenvalue weighted by atomic mass is 9.85. The van der Waals surface area contributed by atoms with Crippen LogP contribution in [-0.4, -0.2) is 99.8 Å². The molecular formula is C49H67Cl3F2N8OS2. The molecule has 2 aromatic carbocycles. The number of aromatic nitrogens is 2. The van der Waals surface area contributed by atoms with E-state index in [1.807, 2.05) is 0 Å². The number of nitrogens with zero attached hydrogens (tertiary/aromatic N) is 6. The van der Waals surface area contributed by atoms with Gasteiger partial charge in [-0.05, 0) is 189 Å². The summed E-state index contributed by atoms with van der Waals surface area (Å²) in [5, 5.41) is 1.35. The van der Waals surface area contributed by atoms with Gasteiger partial charge in [0.1, 0.15) is 11.6 Å². The topological polar surface area (TPSA) is 108 Å². The van der Waals surface area contributed by atoms with Gasteiger partial charge >= 0.3 is 0 Å². The third-order valence-corrected chi connectivity index (χ3v) is 17.1. The summed E-state index contributed by atoms with van der Waals surface area (Å²) in [6, 6.07) is 9.12. The lowest BCUT2D eigenvalue weighted by Crippen LogP contribution is -2.47. The molecule has 2 aliphatic carbocycles. The Kier molecular flexibility index (Phi) is 18.0. The highest BCUT2D eigenvalue weighted by atomic mass is 35.5. The Morgan fingerprint density at radius 3 is 1.46 bits per heavy atom. The minimum absolute atomic E-state index is 0. The third-order valence-electron chi connectivity index (χ3n) is 14.7. The highest BCUT2D eigenvalue weighted by Gasteiger charge is 2.40. The van der Waals surface area contributed by atoms with E-state index in [1.165, 1.54) is 33.3 Å². The van der Waals surface area contributed by atoms with Gasteiger partial charge in [-0.25, -0.2) is 18.7 Å². The molecule has 4 heterocycles. The highest BCUT2D eigenvalue weighted by Crippen LogP contribution is 2.40. The number of carbonyl (C=O) groups is 1. The van der Waals surface area contributed by atoms with Crippen LogP contribution >= 0.6 is 58.3 Å². The molecule has 0 saturated carbocycles. The lowest BCUT2D eigenvalue weighted by Gasteiger charge is -2.43. The maximum absolute atomic E-state index is 15.5. The van der Waals surface area contributed by atoms with Gasteiger partial charge < -0.3 is 21.3 Å². The van der Waals surface area contributed by atoms with E-state index in [1.54, 1.807) is 46.9 Å². The Morgan fingerprint density at radius 2 is 1.09 bits per heavy atom. The molecule has 4 N–H and O–H groups in total. The number of nitrogens with two attached hydrogens (primary N) is 2. The molecular weight excluding hydrogens is 925 g/mol. The molecule has 0 spiro atoms. The number of carbonyl (C=O) groups excluding carboxylic acids is 1. The van der Waals surface area contributed by atoms with Crippen LogP contribution in [-0.2, 0) is 30.5 Å². The molecule has 9 nitrogen and oxygen atoms in total. The number of benzene rings is 2. The number of thiazole rings is 2. The van der Waals surface area contributed by atoms with Gasteiger partial charge in [-0.1, -0.05) is 49.2 Å². The summed E-state index contributed by atoms with van der Waals surface area (Å²) in [5.41, 5.74) is 15.9. The highest BCUT2D eigenvalue weighted by molar-refractivity contribution is 7.15. The van der Waals surface area contributed by atoms with Gasteiger partial charge in [0, 0.05) is 21.8 Å². The van der Waals surface area contributed by atoms with E-state index >= 15 is 4.79 Å². The molecule has 4 aliphatic rings. The molecule has 2 unspecified atom stereocenters. The van der Waals surface area contributed by atoms with Gasteiger partial charge in [0.05, 0.1) is 33.5 Å². The molecule has 0 amide bonds. The number of fused-ring (bicyclic) bond motifs is 2. The van der Waals surface area contributed by atoms with Crippen molar-refractivity contribution in [3.05, 3.63) is 90.3 Å². The van der Waals surface area contributed by atoms with Crippen LogP contribution in [0, 0.1) is 23.5 Å². The zero-order chi connectivity index (χ0) is 44.9. The Bertz CT molecular complexity index is 2050. The van der Waals surface area contributed by atoms with Gasteiger partial charge in [0.25, 0.3) is 0 Å². The Labute approximate surface area is 409 Å². The summed E-state index contributed by atoms with van der Waals surface area (Å²) < 4.78 is 29.4. The standard InChI is InChI=1S/C49H66Cl2F2N8OS2.ClH/c1-3-19-58(35-7-11-41-43(29-35)63-48(54)56-41)21-13-31-15-23-60(24-16-31)45(33-5-9-39(52)37(50)27-33)47(62)46(34-6-10-40(53)38(51)28-34)61-25-17-32(18-26-61)14-22-59(20-4-2)36-8-12-42-44(30-36)64-49(55)57-42;/h5-6,9-10,27-28,31-32,35-36,45-46H,3-4,7-8,11-26,29-30H2,1-2H3,(H2,54,56)(H2,55,57);1H/t35?,36?,45-,46-;/m0./s1.